The molecule has 1 fully saturated rings. The lowest BCUT2D eigenvalue weighted by Crippen LogP contribution is -2.22. The summed E-state index contributed by atoms with van der Waals surface area (Å²) >= 11 is 0. The van der Waals surface area contributed by atoms with Crippen LogP contribution in [0.2, 0.25) is 0 Å². The first kappa shape index (κ1) is 15.1. The zero-order valence-electron chi connectivity index (χ0n) is 13.6. The van der Waals surface area contributed by atoms with Crippen molar-refractivity contribution < 1.29 is 4.74 Å². The highest BCUT2D eigenvalue weighted by atomic mass is 16.5. The summed E-state index contributed by atoms with van der Waals surface area (Å²) in [6.07, 6.45) is 3.64. The van der Waals surface area contributed by atoms with Crippen molar-refractivity contribution >= 4 is 0 Å². The topological polar surface area (TPSA) is 12.5 Å². The number of methoxy groups -OCH3 is 1. The fourth-order valence-electron chi connectivity index (χ4n) is 3.33. The van der Waals surface area contributed by atoms with Gasteiger partial charge in [0, 0.05) is 12.6 Å². The third-order valence-corrected chi connectivity index (χ3v) is 4.68. The molecule has 1 aliphatic rings. The second-order valence-corrected chi connectivity index (χ2v) is 6.07. The smallest absolute Gasteiger partial charge is 0.118 e. The largest absolute Gasteiger partial charge is 0.497 e. The standard InChI is InChI=1S/C20H25NO/c1-3-16-6-8-17(9-7-16)15-21-14-4-5-20(21)18-10-12-19(22-2)13-11-18/h6-13,20H,3-5,14-15H2,1-2H3. The van der Waals surface area contributed by atoms with Crippen LogP contribution in [0.5, 0.6) is 5.75 Å². The van der Waals surface area contributed by atoms with Gasteiger partial charge in [-0.15, -0.1) is 0 Å². The second kappa shape index (κ2) is 6.97. The van der Waals surface area contributed by atoms with E-state index in [1.54, 1.807) is 7.11 Å². The fraction of sp³-hybridized carbons (Fsp3) is 0.400. The van der Waals surface area contributed by atoms with Gasteiger partial charge in [0.15, 0.2) is 0 Å². The number of rotatable bonds is 5. The molecule has 0 bridgehead atoms. The summed E-state index contributed by atoms with van der Waals surface area (Å²) in [4.78, 5) is 2.60. The third-order valence-electron chi connectivity index (χ3n) is 4.68. The molecule has 0 aliphatic carbocycles. The van der Waals surface area contributed by atoms with Gasteiger partial charge in [0.2, 0.25) is 0 Å². The maximum absolute atomic E-state index is 5.26. The van der Waals surface area contributed by atoms with Crippen molar-refractivity contribution in [2.75, 3.05) is 13.7 Å². The van der Waals surface area contributed by atoms with E-state index in [0.717, 1.165) is 18.7 Å². The van der Waals surface area contributed by atoms with E-state index in [-0.39, 0.29) is 0 Å². The second-order valence-electron chi connectivity index (χ2n) is 6.07. The van der Waals surface area contributed by atoms with Gasteiger partial charge in [0.1, 0.15) is 5.75 Å². The number of nitrogens with zero attached hydrogens (tertiary/aromatic N) is 1. The minimum Gasteiger partial charge on any atom is -0.497 e. The predicted octanol–water partition coefficient (Wildman–Crippen LogP) is 4.59. The first-order valence-electron chi connectivity index (χ1n) is 8.26. The average molecular weight is 295 g/mol. The van der Waals surface area contributed by atoms with Crippen LogP contribution in [-0.4, -0.2) is 18.6 Å². The summed E-state index contributed by atoms with van der Waals surface area (Å²) < 4.78 is 5.26. The number of hydrogen-bond donors (Lipinski definition) is 0. The van der Waals surface area contributed by atoms with Gasteiger partial charge in [-0.2, -0.15) is 0 Å². The van der Waals surface area contributed by atoms with Gasteiger partial charge in [-0.25, -0.2) is 0 Å². The maximum Gasteiger partial charge on any atom is 0.118 e. The lowest BCUT2D eigenvalue weighted by Gasteiger charge is -2.25. The molecule has 1 aliphatic heterocycles. The number of benzene rings is 2. The molecule has 0 saturated carbocycles. The number of aryl methyl sites for hydroxylation is 1. The Labute approximate surface area is 133 Å². The Morgan fingerprint density at radius 1 is 1.00 bits per heavy atom. The molecule has 2 heteroatoms. The van der Waals surface area contributed by atoms with Gasteiger partial charge in [-0.1, -0.05) is 43.3 Å². The molecule has 0 spiro atoms. The summed E-state index contributed by atoms with van der Waals surface area (Å²) in [7, 11) is 1.72. The van der Waals surface area contributed by atoms with Gasteiger partial charge < -0.3 is 4.74 Å². The molecular formula is C20H25NO. The molecule has 0 radical (unpaired) electrons. The summed E-state index contributed by atoms with van der Waals surface area (Å²) in [6, 6.07) is 18.2. The predicted molar refractivity (Wildman–Crippen MR) is 91.2 cm³/mol. The average Bonchev–Trinajstić information content (AvgIpc) is 3.04. The molecule has 116 valence electrons. The van der Waals surface area contributed by atoms with Crippen molar-refractivity contribution in [3.63, 3.8) is 0 Å². The van der Waals surface area contributed by atoms with E-state index in [9.17, 15) is 0 Å². The third kappa shape index (κ3) is 3.33. The minimum absolute atomic E-state index is 0.539. The summed E-state index contributed by atoms with van der Waals surface area (Å²) in [5.74, 6) is 0.934. The van der Waals surface area contributed by atoms with Crippen LogP contribution in [0.25, 0.3) is 0 Å². The van der Waals surface area contributed by atoms with Crippen molar-refractivity contribution in [3.8, 4) is 5.75 Å². The van der Waals surface area contributed by atoms with Crippen LogP contribution in [0.4, 0.5) is 0 Å². The number of ether oxygens (including phenoxy) is 1. The Balaban J connectivity index is 1.71. The van der Waals surface area contributed by atoms with E-state index in [4.69, 9.17) is 4.74 Å². The fourth-order valence-corrected chi connectivity index (χ4v) is 3.33. The molecule has 3 rings (SSSR count). The van der Waals surface area contributed by atoms with Gasteiger partial charge >= 0.3 is 0 Å². The molecule has 0 amide bonds. The molecule has 1 heterocycles. The number of hydrogen-bond acceptors (Lipinski definition) is 2. The molecular weight excluding hydrogens is 270 g/mol. The highest BCUT2D eigenvalue weighted by Crippen LogP contribution is 2.33. The van der Waals surface area contributed by atoms with Gasteiger partial charge in [0.25, 0.3) is 0 Å². The van der Waals surface area contributed by atoms with Crippen LogP contribution in [0.1, 0.15) is 42.5 Å². The Kier molecular flexibility index (Phi) is 4.79. The van der Waals surface area contributed by atoms with E-state index in [1.807, 2.05) is 0 Å². The van der Waals surface area contributed by atoms with Crippen molar-refractivity contribution in [1.29, 1.82) is 0 Å². The summed E-state index contributed by atoms with van der Waals surface area (Å²) in [6.45, 7) is 4.43. The normalized spacial score (nSPS) is 18.5. The van der Waals surface area contributed by atoms with Gasteiger partial charge in [-0.3, -0.25) is 4.90 Å². The highest BCUT2D eigenvalue weighted by Gasteiger charge is 2.25. The van der Waals surface area contributed by atoms with Gasteiger partial charge in [-0.05, 0) is 54.6 Å². The first-order chi connectivity index (χ1) is 10.8. The Hall–Kier alpha value is -1.80. The molecule has 0 N–H and O–H groups in total. The van der Waals surface area contributed by atoms with Crippen LogP contribution < -0.4 is 4.74 Å². The first-order valence-corrected chi connectivity index (χ1v) is 8.26. The maximum atomic E-state index is 5.26. The van der Waals surface area contributed by atoms with Crippen molar-refractivity contribution in [2.45, 2.75) is 38.8 Å². The van der Waals surface area contributed by atoms with Crippen molar-refractivity contribution in [1.82, 2.24) is 4.90 Å². The molecule has 1 atom stereocenters. The van der Waals surface area contributed by atoms with Crippen molar-refractivity contribution in [3.05, 3.63) is 65.2 Å². The lowest BCUT2D eigenvalue weighted by molar-refractivity contribution is 0.248. The molecule has 0 aromatic heterocycles. The molecule has 1 unspecified atom stereocenters. The molecule has 2 nitrogen and oxygen atoms in total. The monoisotopic (exact) mass is 295 g/mol. The van der Waals surface area contributed by atoms with Crippen LogP contribution in [0.3, 0.4) is 0 Å². The van der Waals surface area contributed by atoms with E-state index in [0.29, 0.717) is 6.04 Å². The molecule has 1 saturated heterocycles. The highest BCUT2D eigenvalue weighted by molar-refractivity contribution is 5.30. The Morgan fingerprint density at radius 2 is 1.68 bits per heavy atom. The van der Waals surface area contributed by atoms with E-state index in [2.05, 4.69) is 60.4 Å². The van der Waals surface area contributed by atoms with Crippen LogP contribution in [-0.2, 0) is 13.0 Å². The zero-order valence-corrected chi connectivity index (χ0v) is 13.6. The quantitative estimate of drug-likeness (QED) is 0.799. The van der Waals surface area contributed by atoms with E-state index < -0.39 is 0 Å². The van der Waals surface area contributed by atoms with E-state index in [1.165, 1.54) is 36.1 Å². The summed E-state index contributed by atoms with van der Waals surface area (Å²) in [5, 5.41) is 0. The zero-order chi connectivity index (χ0) is 15.4. The van der Waals surface area contributed by atoms with Crippen LogP contribution in [0, 0.1) is 0 Å². The SMILES string of the molecule is CCc1ccc(CN2CCCC2c2ccc(OC)cc2)cc1. The Bertz CT molecular complexity index is 588. The summed E-state index contributed by atoms with van der Waals surface area (Å²) in [5.41, 5.74) is 4.23. The van der Waals surface area contributed by atoms with Crippen LogP contribution in [0.15, 0.2) is 48.5 Å². The Morgan fingerprint density at radius 3 is 2.32 bits per heavy atom. The van der Waals surface area contributed by atoms with Crippen LogP contribution >= 0.6 is 0 Å². The lowest BCUT2D eigenvalue weighted by atomic mass is 10.0. The number of likely N-dealkylation sites (tertiary alicyclic amines) is 1. The van der Waals surface area contributed by atoms with E-state index >= 15 is 0 Å². The van der Waals surface area contributed by atoms with Gasteiger partial charge in [0.05, 0.1) is 7.11 Å². The molecule has 22 heavy (non-hydrogen) atoms. The molecule has 2 aromatic carbocycles. The van der Waals surface area contributed by atoms with Crippen molar-refractivity contribution in [2.24, 2.45) is 0 Å². The minimum atomic E-state index is 0.539. The molecule has 2 aromatic rings.